The minimum absolute atomic E-state index is 0.0159. The van der Waals surface area contributed by atoms with E-state index in [9.17, 15) is 18.0 Å². The summed E-state index contributed by atoms with van der Waals surface area (Å²) in [4.78, 5) is 22.4. The standard InChI is InChI=1S/C16H20N4O5S/c21-15(17-9-14-10-20(19-18-14)11-16(22)23)12-26(24,25)8-4-7-13-5-2-1-3-6-13/h1-3,5-6,10H,4,7-9,11-12H2,(H,17,21)(H,22,23). The number of carbonyl (C=O) groups excluding carboxylic acids is 1. The molecule has 10 heteroatoms. The average molecular weight is 380 g/mol. The van der Waals surface area contributed by atoms with Gasteiger partial charge in [0.15, 0.2) is 9.84 Å². The topological polar surface area (TPSA) is 131 Å². The number of sulfone groups is 1. The molecule has 0 atom stereocenters. The first-order chi connectivity index (χ1) is 12.3. The lowest BCUT2D eigenvalue weighted by atomic mass is 10.1. The van der Waals surface area contributed by atoms with Gasteiger partial charge >= 0.3 is 5.97 Å². The molecule has 1 aromatic heterocycles. The Hall–Kier alpha value is -2.75. The summed E-state index contributed by atoms with van der Waals surface area (Å²) in [5.74, 6) is -2.35. The Morgan fingerprint density at radius 3 is 2.62 bits per heavy atom. The molecule has 2 N–H and O–H groups in total. The molecule has 0 spiro atoms. The highest BCUT2D eigenvalue weighted by Crippen LogP contribution is 2.04. The molecule has 0 aliphatic rings. The van der Waals surface area contributed by atoms with Gasteiger partial charge in [-0.2, -0.15) is 0 Å². The number of aliphatic carboxylic acids is 1. The van der Waals surface area contributed by atoms with E-state index in [-0.39, 0.29) is 18.8 Å². The van der Waals surface area contributed by atoms with Crippen LogP contribution in [0.25, 0.3) is 0 Å². The molecule has 0 saturated carbocycles. The van der Waals surface area contributed by atoms with Crippen LogP contribution in [0.3, 0.4) is 0 Å². The number of rotatable bonds is 10. The summed E-state index contributed by atoms with van der Waals surface area (Å²) >= 11 is 0. The molecule has 0 bridgehead atoms. The number of nitrogens with one attached hydrogen (secondary N) is 1. The van der Waals surface area contributed by atoms with Gasteiger partial charge in [0.25, 0.3) is 0 Å². The molecule has 0 saturated heterocycles. The fraction of sp³-hybridized carbons (Fsp3) is 0.375. The van der Waals surface area contributed by atoms with Crippen molar-refractivity contribution in [2.45, 2.75) is 25.9 Å². The second-order valence-electron chi connectivity index (χ2n) is 5.76. The maximum Gasteiger partial charge on any atom is 0.325 e. The van der Waals surface area contributed by atoms with E-state index in [1.54, 1.807) is 0 Å². The lowest BCUT2D eigenvalue weighted by molar-refractivity contribution is -0.138. The zero-order valence-electron chi connectivity index (χ0n) is 14.0. The maximum atomic E-state index is 12.0. The van der Waals surface area contributed by atoms with Crippen LogP contribution < -0.4 is 5.32 Å². The average Bonchev–Trinajstić information content (AvgIpc) is 3.00. The SMILES string of the molecule is O=C(O)Cn1cc(CNC(=O)CS(=O)(=O)CCCc2ccccc2)nn1. The Labute approximate surface area is 150 Å². The highest BCUT2D eigenvalue weighted by molar-refractivity contribution is 7.92. The molecule has 9 nitrogen and oxygen atoms in total. The number of carboxylic acid groups (broad SMARTS) is 1. The highest BCUT2D eigenvalue weighted by Gasteiger charge is 2.16. The van der Waals surface area contributed by atoms with E-state index in [4.69, 9.17) is 5.11 Å². The molecule has 140 valence electrons. The Kier molecular flexibility index (Phi) is 6.84. The van der Waals surface area contributed by atoms with E-state index < -0.39 is 27.5 Å². The van der Waals surface area contributed by atoms with Gasteiger partial charge in [0.2, 0.25) is 5.91 Å². The molecule has 0 aliphatic carbocycles. The van der Waals surface area contributed by atoms with Crippen molar-refractivity contribution in [3.8, 4) is 0 Å². The minimum Gasteiger partial charge on any atom is -0.480 e. The van der Waals surface area contributed by atoms with E-state index in [2.05, 4.69) is 15.6 Å². The lowest BCUT2D eigenvalue weighted by Gasteiger charge is -2.05. The summed E-state index contributed by atoms with van der Waals surface area (Å²) in [6, 6.07) is 9.53. The van der Waals surface area contributed by atoms with Crippen molar-refractivity contribution < 1.29 is 23.1 Å². The maximum absolute atomic E-state index is 12.0. The molecule has 0 radical (unpaired) electrons. The van der Waals surface area contributed by atoms with Gasteiger partial charge in [-0.15, -0.1) is 5.10 Å². The monoisotopic (exact) mass is 380 g/mol. The minimum atomic E-state index is -3.50. The molecule has 1 heterocycles. The van der Waals surface area contributed by atoms with Crippen molar-refractivity contribution in [1.82, 2.24) is 20.3 Å². The van der Waals surface area contributed by atoms with Crippen molar-refractivity contribution in [3.63, 3.8) is 0 Å². The van der Waals surface area contributed by atoms with Crippen LogP contribution >= 0.6 is 0 Å². The summed E-state index contributed by atoms with van der Waals surface area (Å²) in [6.07, 6.45) is 2.46. The molecule has 1 aromatic carbocycles. The first-order valence-corrected chi connectivity index (χ1v) is 9.78. The molecule has 26 heavy (non-hydrogen) atoms. The molecule has 2 rings (SSSR count). The molecule has 2 aromatic rings. The van der Waals surface area contributed by atoms with Gasteiger partial charge in [-0.25, -0.2) is 13.1 Å². The molecular weight excluding hydrogens is 360 g/mol. The highest BCUT2D eigenvalue weighted by atomic mass is 32.2. The summed E-state index contributed by atoms with van der Waals surface area (Å²) < 4.78 is 25.1. The zero-order chi connectivity index (χ0) is 19.0. The van der Waals surface area contributed by atoms with Crippen molar-refractivity contribution in [2.75, 3.05) is 11.5 Å². The fourth-order valence-electron chi connectivity index (χ4n) is 2.29. The Morgan fingerprint density at radius 2 is 1.92 bits per heavy atom. The largest absolute Gasteiger partial charge is 0.480 e. The first-order valence-electron chi connectivity index (χ1n) is 7.96. The Morgan fingerprint density at radius 1 is 1.19 bits per heavy atom. The van der Waals surface area contributed by atoms with Gasteiger partial charge in [0.05, 0.1) is 18.5 Å². The van der Waals surface area contributed by atoms with Crippen molar-refractivity contribution in [1.29, 1.82) is 0 Å². The number of aromatic nitrogens is 3. The van der Waals surface area contributed by atoms with Crippen LogP contribution in [-0.4, -0.2) is 51.9 Å². The summed E-state index contributed by atoms with van der Waals surface area (Å²) in [7, 11) is -3.50. The predicted octanol–water partition coefficient (Wildman–Crippen LogP) is 0.0265. The van der Waals surface area contributed by atoms with E-state index in [0.29, 0.717) is 18.5 Å². The van der Waals surface area contributed by atoms with E-state index >= 15 is 0 Å². The second kappa shape index (κ2) is 9.09. The van der Waals surface area contributed by atoms with Crippen molar-refractivity contribution in [2.24, 2.45) is 0 Å². The van der Waals surface area contributed by atoms with Crippen LogP contribution in [0.15, 0.2) is 36.5 Å². The van der Waals surface area contributed by atoms with E-state index in [0.717, 1.165) is 10.2 Å². The van der Waals surface area contributed by atoms with Gasteiger partial charge in [-0.3, -0.25) is 9.59 Å². The Balaban J connectivity index is 1.73. The van der Waals surface area contributed by atoms with Crippen LogP contribution in [0, 0.1) is 0 Å². The fourth-order valence-corrected chi connectivity index (χ4v) is 3.52. The number of aryl methyl sites for hydroxylation is 1. The second-order valence-corrected chi connectivity index (χ2v) is 7.94. The normalized spacial score (nSPS) is 11.2. The van der Waals surface area contributed by atoms with Gasteiger partial charge < -0.3 is 10.4 Å². The molecule has 0 fully saturated rings. The number of nitrogens with zero attached hydrogens (tertiary/aromatic N) is 3. The van der Waals surface area contributed by atoms with Crippen LogP contribution in [0.4, 0.5) is 0 Å². The number of hydrogen-bond donors (Lipinski definition) is 2. The van der Waals surface area contributed by atoms with Crippen LogP contribution in [0.5, 0.6) is 0 Å². The Bertz CT molecular complexity index is 849. The van der Waals surface area contributed by atoms with Gasteiger partial charge in [-0.1, -0.05) is 35.5 Å². The number of carbonyl (C=O) groups is 2. The molecular formula is C16H20N4O5S. The van der Waals surface area contributed by atoms with Crippen LogP contribution in [-0.2, 0) is 38.9 Å². The number of carboxylic acids is 1. The van der Waals surface area contributed by atoms with Gasteiger partial charge in [0, 0.05) is 0 Å². The third kappa shape index (κ3) is 7.01. The number of amides is 1. The lowest BCUT2D eigenvalue weighted by Crippen LogP contribution is -2.31. The quantitative estimate of drug-likeness (QED) is 0.594. The third-order valence-electron chi connectivity index (χ3n) is 3.46. The molecule has 1 amide bonds. The number of hydrogen-bond acceptors (Lipinski definition) is 6. The summed E-state index contributed by atoms with van der Waals surface area (Å²) in [5, 5.41) is 18.4. The van der Waals surface area contributed by atoms with Gasteiger partial charge in [0.1, 0.15) is 18.0 Å². The number of benzene rings is 1. The van der Waals surface area contributed by atoms with Crippen LogP contribution in [0.1, 0.15) is 17.7 Å². The summed E-state index contributed by atoms with van der Waals surface area (Å²) in [5.41, 5.74) is 1.40. The van der Waals surface area contributed by atoms with Crippen LogP contribution in [0.2, 0.25) is 0 Å². The van der Waals surface area contributed by atoms with E-state index in [1.807, 2.05) is 30.3 Å². The van der Waals surface area contributed by atoms with Crippen molar-refractivity contribution >= 4 is 21.7 Å². The zero-order valence-corrected chi connectivity index (χ0v) is 14.9. The van der Waals surface area contributed by atoms with Gasteiger partial charge in [-0.05, 0) is 18.4 Å². The summed E-state index contributed by atoms with van der Waals surface area (Å²) in [6.45, 7) is -0.352. The predicted molar refractivity (Wildman–Crippen MR) is 92.9 cm³/mol. The first kappa shape index (κ1) is 19.6. The van der Waals surface area contributed by atoms with Crippen molar-refractivity contribution in [3.05, 3.63) is 47.8 Å². The molecule has 0 unspecified atom stereocenters. The molecule has 0 aliphatic heterocycles. The smallest absolute Gasteiger partial charge is 0.325 e. The van der Waals surface area contributed by atoms with E-state index in [1.165, 1.54) is 6.20 Å². The third-order valence-corrected chi connectivity index (χ3v) is 5.08.